The molecule has 0 atom stereocenters. The molecule has 0 saturated heterocycles. The number of benzene rings is 4. The molecule has 0 fully saturated rings. The molecule has 5 aromatic rings. The van der Waals surface area contributed by atoms with Crippen molar-refractivity contribution in [1.29, 1.82) is 0 Å². The van der Waals surface area contributed by atoms with Crippen LogP contribution in [-0.2, 0) is 0 Å². The maximum atomic E-state index is 13.1. The quantitative estimate of drug-likeness (QED) is 0.123. The van der Waals surface area contributed by atoms with Crippen molar-refractivity contribution >= 4 is 40.6 Å². The lowest BCUT2D eigenvalue weighted by atomic mass is 10.0. The number of aromatic amines is 1. The average molecular weight is 494 g/mol. The van der Waals surface area contributed by atoms with Crippen molar-refractivity contribution in [3.63, 3.8) is 0 Å². The highest BCUT2D eigenvalue weighted by atomic mass is 35.5. The summed E-state index contributed by atoms with van der Waals surface area (Å²) in [5.74, 6) is -0.695. The average Bonchev–Trinajstić information content (AvgIpc) is 3.30. The first kappa shape index (κ1) is 23.1. The van der Waals surface area contributed by atoms with Crippen LogP contribution in [0.2, 0.25) is 5.02 Å². The zero-order valence-corrected chi connectivity index (χ0v) is 19.7. The first-order valence-corrected chi connectivity index (χ1v) is 11.5. The summed E-state index contributed by atoms with van der Waals surface area (Å²) in [4.78, 5) is 28.9. The van der Waals surface area contributed by atoms with E-state index in [-0.39, 0.29) is 11.3 Å². The number of rotatable bonds is 6. The van der Waals surface area contributed by atoms with Gasteiger partial charge in [-0.2, -0.15) is 5.10 Å². The molecule has 0 aliphatic rings. The topological polar surface area (TPSA) is 83.5 Å². The molecule has 7 heteroatoms. The number of H-pyrrole nitrogens is 1. The van der Waals surface area contributed by atoms with E-state index in [1.165, 1.54) is 6.21 Å². The van der Waals surface area contributed by atoms with Gasteiger partial charge in [0, 0.05) is 22.0 Å². The van der Waals surface area contributed by atoms with Crippen molar-refractivity contribution in [3.8, 4) is 16.9 Å². The summed E-state index contributed by atoms with van der Waals surface area (Å²) in [5.41, 5.74) is 6.31. The van der Waals surface area contributed by atoms with E-state index in [2.05, 4.69) is 15.5 Å². The van der Waals surface area contributed by atoms with Crippen molar-refractivity contribution in [2.75, 3.05) is 0 Å². The third-order valence-corrected chi connectivity index (χ3v) is 5.91. The molecule has 1 aromatic heterocycles. The van der Waals surface area contributed by atoms with Crippen LogP contribution in [0.25, 0.3) is 22.0 Å². The fourth-order valence-corrected chi connectivity index (χ4v) is 4.11. The van der Waals surface area contributed by atoms with Gasteiger partial charge in [0.25, 0.3) is 5.91 Å². The normalized spacial score (nSPS) is 11.0. The van der Waals surface area contributed by atoms with Crippen LogP contribution in [0, 0.1) is 0 Å². The van der Waals surface area contributed by atoms with Crippen LogP contribution in [0.5, 0.6) is 5.75 Å². The number of carbonyl (C=O) groups excluding carboxylic acids is 2. The summed E-state index contributed by atoms with van der Waals surface area (Å²) >= 11 is 6.11. The van der Waals surface area contributed by atoms with E-state index in [9.17, 15) is 9.59 Å². The minimum Gasteiger partial charge on any atom is -0.422 e. The second-order valence-corrected chi connectivity index (χ2v) is 8.30. The Labute approximate surface area is 212 Å². The second-order valence-electron chi connectivity index (χ2n) is 7.89. The summed E-state index contributed by atoms with van der Waals surface area (Å²) in [7, 11) is 0. The molecule has 1 amide bonds. The number of nitrogens with zero attached hydrogens (tertiary/aromatic N) is 1. The number of nitrogens with one attached hydrogen (secondary N) is 2. The summed E-state index contributed by atoms with van der Waals surface area (Å²) in [6, 6.07) is 31.0. The minimum absolute atomic E-state index is 0.256. The number of hydrogen-bond acceptors (Lipinski definition) is 4. The van der Waals surface area contributed by atoms with Gasteiger partial charge in [0.05, 0.1) is 16.8 Å². The first-order chi connectivity index (χ1) is 17.6. The van der Waals surface area contributed by atoms with Crippen LogP contribution in [-0.4, -0.2) is 23.1 Å². The van der Waals surface area contributed by atoms with Crippen LogP contribution < -0.4 is 10.2 Å². The van der Waals surface area contributed by atoms with Gasteiger partial charge in [0.2, 0.25) is 0 Å². The Morgan fingerprint density at radius 2 is 1.53 bits per heavy atom. The number of esters is 1. The lowest BCUT2D eigenvalue weighted by Crippen LogP contribution is -2.19. The minimum atomic E-state index is -0.587. The lowest BCUT2D eigenvalue weighted by molar-refractivity contribution is 0.0734. The number of fused-ring (bicyclic) bond motifs is 1. The van der Waals surface area contributed by atoms with Gasteiger partial charge >= 0.3 is 5.97 Å². The van der Waals surface area contributed by atoms with Gasteiger partial charge in [-0.25, -0.2) is 10.2 Å². The van der Waals surface area contributed by atoms with Crippen molar-refractivity contribution in [3.05, 3.63) is 125 Å². The molecule has 0 aliphatic carbocycles. The highest BCUT2D eigenvalue weighted by Crippen LogP contribution is 2.32. The number of halogens is 1. The third kappa shape index (κ3) is 4.76. The van der Waals surface area contributed by atoms with Gasteiger partial charge in [-0.05, 0) is 35.9 Å². The Balaban J connectivity index is 1.38. The van der Waals surface area contributed by atoms with Crippen LogP contribution in [0.1, 0.15) is 26.4 Å². The fraction of sp³-hybridized carbons (Fsp3) is 0. The Morgan fingerprint density at radius 1 is 0.833 bits per heavy atom. The maximum Gasteiger partial charge on any atom is 0.345 e. The number of hydrazone groups is 1. The van der Waals surface area contributed by atoms with Gasteiger partial charge < -0.3 is 9.72 Å². The second kappa shape index (κ2) is 10.3. The number of aromatic nitrogens is 1. The van der Waals surface area contributed by atoms with Gasteiger partial charge in [-0.3, -0.25) is 4.79 Å². The number of amides is 1. The SMILES string of the molecule is O=C(Oc1ccccc1C=NNC(=O)c1[nH]c2ccccc2c1-c1ccccc1)c1ccccc1Cl. The summed E-state index contributed by atoms with van der Waals surface area (Å²) < 4.78 is 5.54. The molecular formula is C29H20ClN3O3. The molecule has 5 rings (SSSR count). The third-order valence-electron chi connectivity index (χ3n) is 5.58. The van der Waals surface area contributed by atoms with Gasteiger partial charge in [-0.15, -0.1) is 0 Å². The molecule has 0 radical (unpaired) electrons. The molecule has 36 heavy (non-hydrogen) atoms. The molecule has 0 saturated carbocycles. The molecule has 6 nitrogen and oxygen atoms in total. The monoisotopic (exact) mass is 493 g/mol. The smallest absolute Gasteiger partial charge is 0.345 e. The molecule has 4 aromatic carbocycles. The number of hydrogen-bond donors (Lipinski definition) is 2. The summed E-state index contributed by atoms with van der Waals surface area (Å²) in [5, 5.41) is 5.36. The Kier molecular flexibility index (Phi) is 6.60. The van der Waals surface area contributed by atoms with Crippen molar-refractivity contribution < 1.29 is 14.3 Å². The number of carbonyl (C=O) groups is 2. The molecule has 0 aliphatic heterocycles. The summed E-state index contributed by atoms with van der Waals surface area (Å²) in [6.07, 6.45) is 1.43. The summed E-state index contributed by atoms with van der Waals surface area (Å²) in [6.45, 7) is 0. The Bertz CT molecular complexity index is 1590. The lowest BCUT2D eigenvalue weighted by Gasteiger charge is -2.08. The maximum absolute atomic E-state index is 13.1. The highest BCUT2D eigenvalue weighted by molar-refractivity contribution is 6.33. The van der Waals surface area contributed by atoms with E-state index < -0.39 is 11.9 Å². The Hall–Kier alpha value is -4.68. The standard InChI is InChI=1S/C29H20ClN3O3/c30-23-15-7-5-13-21(23)29(35)36-25-17-9-4-12-20(25)18-31-33-28(34)27-26(19-10-2-1-3-11-19)22-14-6-8-16-24(22)32-27/h1-18,32H,(H,33,34). The van der Waals surface area contributed by atoms with Gasteiger partial charge in [0.15, 0.2) is 0 Å². The van der Waals surface area contributed by atoms with Gasteiger partial charge in [-0.1, -0.05) is 84.4 Å². The molecule has 2 N–H and O–H groups in total. The van der Waals surface area contributed by atoms with Crippen LogP contribution in [0.4, 0.5) is 0 Å². The van der Waals surface area contributed by atoms with E-state index in [0.717, 1.165) is 22.0 Å². The van der Waals surface area contributed by atoms with E-state index in [4.69, 9.17) is 16.3 Å². The van der Waals surface area contributed by atoms with Crippen molar-refractivity contribution in [2.45, 2.75) is 0 Å². The predicted molar refractivity (Wildman–Crippen MR) is 142 cm³/mol. The van der Waals surface area contributed by atoms with Crippen molar-refractivity contribution in [1.82, 2.24) is 10.4 Å². The van der Waals surface area contributed by atoms with Crippen LogP contribution in [0.15, 0.2) is 108 Å². The first-order valence-electron chi connectivity index (χ1n) is 11.2. The molecule has 0 bridgehead atoms. The fourth-order valence-electron chi connectivity index (χ4n) is 3.89. The van der Waals surface area contributed by atoms with Crippen molar-refractivity contribution in [2.24, 2.45) is 5.10 Å². The molecular weight excluding hydrogens is 474 g/mol. The zero-order chi connectivity index (χ0) is 24.9. The van der Waals surface area contributed by atoms with Crippen LogP contribution in [0.3, 0.4) is 0 Å². The van der Waals surface area contributed by atoms with E-state index in [1.807, 2.05) is 54.6 Å². The van der Waals surface area contributed by atoms with E-state index in [1.54, 1.807) is 48.5 Å². The van der Waals surface area contributed by atoms with Crippen LogP contribution >= 0.6 is 11.6 Å². The van der Waals surface area contributed by atoms with E-state index >= 15 is 0 Å². The molecule has 0 spiro atoms. The predicted octanol–water partition coefficient (Wildman–Crippen LogP) is 6.47. The Morgan fingerprint density at radius 3 is 2.36 bits per heavy atom. The van der Waals surface area contributed by atoms with Gasteiger partial charge in [0.1, 0.15) is 11.4 Å². The molecule has 1 heterocycles. The number of para-hydroxylation sites is 2. The highest BCUT2D eigenvalue weighted by Gasteiger charge is 2.19. The largest absolute Gasteiger partial charge is 0.422 e. The molecule has 0 unspecified atom stereocenters. The zero-order valence-electron chi connectivity index (χ0n) is 18.9. The number of ether oxygens (including phenoxy) is 1. The van der Waals surface area contributed by atoms with E-state index in [0.29, 0.717) is 16.3 Å². The molecule has 176 valence electrons.